The first-order valence-corrected chi connectivity index (χ1v) is 6.97. The maximum atomic E-state index is 11.8. The topological polar surface area (TPSA) is 72.2 Å². The number of sulfonamides is 1. The number of hydrogen-bond donors (Lipinski definition) is 1. The fraction of sp³-hybridized carbons (Fsp3) is 0.222. The summed E-state index contributed by atoms with van der Waals surface area (Å²) in [5, 5.41) is -0.0569. The molecule has 1 N–H and O–H groups in total. The summed E-state index contributed by atoms with van der Waals surface area (Å²) in [5.41, 5.74) is 2.19. The molecular weight excluding hydrogens is 248 g/mol. The summed E-state index contributed by atoms with van der Waals surface area (Å²) in [7, 11) is -3.56. The van der Waals surface area contributed by atoms with Gasteiger partial charge in [0.15, 0.2) is 0 Å². The summed E-state index contributed by atoms with van der Waals surface area (Å²) in [6.07, 6.45) is 2.97. The summed E-state index contributed by atoms with van der Waals surface area (Å²) >= 11 is 1.37. The van der Waals surface area contributed by atoms with Gasteiger partial charge in [0.2, 0.25) is 5.09 Å². The van der Waals surface area contributed by atoms with Gasteiger partial charge < -0.3 is 4.42 Å². The summed E-state index contributed by atoms with van der Waals surface area (Å²) in [4.78, 5) is 4.68. The van der Waals surface area contributed by atoms with E-state index in [1.165, 1.54) is 17.6 Å². The molecule has 0 saturated carbocycles. The van der Waals surface area contributed by atoms with Crippen LogP contribution in [0.25, 0.3) is 10.4 Å². The minimum absolute atomic E-state index is 0.0569. The fourth-order valence-corrected chi connectivity index (χ4v) is 3.16. The molecule has 2 rings (SSSR count). The van der Waals surface area contributed by atoms with Crippen LogP contribution >= 0.6 is 11.3 Å². The Morgan fingerprint density at radius 1 is 1.56 bits per heavy atom. The van der Waals surface area contributed by atoms with Gasteiger partial charge in [-0.2, -0.15) is 0 Å². The lowest BCUT2D eigenvalue weighted by atomic mass is 10.3. The SMILES string of the molecule is CCNS(=O)(=O)c1occc1-c1cncs1. The molecule has 0 bridgehead atoms. The molecule has 16 heavy (non-hydrogen) atoms. The van der Waals surface area contributed by atoms with Crippen molar-refractivity contribution in [1.29, 1.82) is 0 Å². The second-order valence-corrected chi connectivity index (χ2v) is 5.54. The van der Waals surface area contributed by atoms with E-state index in [0.29, 0.717) is 12.1 Å². The molecule has 0 aromatic carbocycles. The molecule has 0 aliphatic carbocycles. The number of nitrogens with one attached hydrogen (secondary N) is 1. The van der Waals surface area contributed by atoms with Crippen molar-refractivity contribution in [3.8, 4) is 10.4 Å². The molecule has 0 atom stereocenters. The van der Waals surface area contributed by atoms with Crippen molar-refractivity contribution >= 4 is 21.4 Å². The van der Waals surface area contributed by atoms with Crippen LogP contribution in [0.5, 0.6) is 0 Å². The highest BCUT2D eigenvalue weighted by Crippen LogP contribution is 2.30. The monoisotopic (exact) mass is 258 g/mol. The van der Waals surface area contributed by atoms with E-state index < -0.39 is 10.0 Å². The van der Waals surface area contributed by atoms with E-state index in [1.807, 2.05) is 0 Å². The molecule has 0 fully saturated rings. The van der Waals surface area contributed by atoms with Crippen molar-refractivity contribution < 1.29 is 12.8 Å². The first-order valence-electron chi connectivity index (χ1n) is 4.61. The van der Waals surface area contributed by atoms with Crippen LogP contribution in [-0.4, -0.2) is 19.9 Å². The van der Waals surface area contributed by atoms with Gasteiger partial charge in [0, 0.05) is 12.7 Å². The Balaban J connectivity index is 2.49. The third kappa shape index (κ3) is 2.01. The van der Waals surface area contributed by atoms with Crippen molar-refractivity contribution in [2.24, 2.45) is 0 Å². The van der Waals surface area contributed by atoms with Gasteiger partial charge in [-0.15, -0.1) is 11.3 Å². The molecule has 0 saturated heterocycles. The van der Waals surface area contributed by atoms with Crippen molar-refractivity contribution in [2.45, 2.75) is 12.0 Å². The van der Waals surface area contributed by atoms with Crippen molar-refractivity contribution in [3.05, 3.63) is 24.0 Å². The number of hydrogen-bond acceptors (Lipinski definition) is 5. The predicted octanol–water partition coefficient (Wildman–Crippen LogP) is 1.70. The molecule has 5 nitrogen and oxygen atoms in total. The smallest absolute Gasteiger partial charge is 0.274 e. The molecule has 86 valence electrons. The molecule has 2 aromatic rings. The summed E-state index contributed by atoms with van der Waals surface area (Å²) in [5.74, 6) is 0. The molecule has 0 unspecified atom stereocenters. The molecule has 0 amide bonds. The molecule has 0 aliphatic rings. The van der Waals surface area contributed by atoms with Crippen LogP contribution in [0.4, 0.5) is 0 Å². The van der Waals surface area contributed by atoms with E-state index in [0.717, 1.165) is 4.88 Å². The maximum Gasteiger partial charge on any atom is 0.274 e. The Hall–Kier alpha value is -1.18. The summed E-state index contributed by atoms with van der Waals surface area (Å²) in [6.45, 7) is 2.04. The number of rotatable bonds is 4. The summed E-state index contributed by atoms with van der Waals surface area (Å²) < 4.78 is 31.0. The van der Waals surface area contributed by atoms with Crippen LogP contribution in [-0.2, 0) is 10.0 Å². The third-order valence-electron chi connectivity index (χ3n) is 1.91. The molecule has 2 aromatic heterocycles. The molecule has 0 aliphatic heterocycles. The Bertz CT molecular complexity index is 557. The van der Waals surface area contributed by atoms with Gasteiger partial charge in [-0.25, -0.2) is 13.1 Å². The average molecular weight is 258 g/mol. The average Bonchev–Trinajstić information content (AvgIpc) is 2.88. The Labute approximate surface area is 97.2 Å². The van der Waals surface area contributed by atoms with Gasteiger partial charge >= 0.3 is 0 Å². The number of nitrogens with zero attached hydrogens (tertiary/aromatic N) is 1. The van der Waals surface area contributed by atoms with E-state index in [-0.39, 0.29) is 5.09 Å². The van der Waals surface area contributed by atoms with E-state index in [2.05, 4.69) is 9.71 Å². The van der Waals surface area contributed by atoms with E-state index in [1.54, 1.807) is 24.7 Å². The number of aromatic nitrogens is 1. The lowest BCUT2D eigenvalue weighted by Crippen LogP contribution is -2.23. The quantitative estimate of drug-likeness (QED) is 0.906. The standard InChI is InChI=1S/C9H10N2O3S2/c1-2-11-16(12,13)9-7(3-4-14-9)8-5-10-6-15-8/h3-6,11H,2H2,1H3. The van der Waals surface area contributed by atoms with Crippen molar-refractivity contribution in [1.82, 2.24) is 9.71 Å². The highest BCUT2D eigenvalue weighted by molar-refractivity contribution is 7.89. The van der Waals surface area contributed by atoms with E-state index >= 15 is 0 Å². The Morgan fingerprint density at radius 2 is 2.38 bits per heavy atom. The molecule has 0 radical (unpaired) electrons. The predicted molar refractivity (Wildman–Crippen MR) is 60.7 cm³/mol. The van der Waals surface area contributed by atoms with E-state index in [4.69, 9.17) is 4.42 Å². The van der Waals surface area contributed by atoms with Crippen LogP contribution in [0.3, 0.4) is 0 Å². The van der Waals surface area contributed by atoms with Gasteiger partial charge in [0.05, 0.1) is 22.2 Å². The highest BCUT2D eigenvalue weighted by atomic mass is 32.2. The molecule has 0 spiro atoms. The lowest BCUT2D eigenvalue weighted by Gasteiger charge is -2.02. The van der Waals surface area contributed by atoms with Crippen LogP contribution < -0.4 is 4.72 Å². The lowest BCUT2D eigenvalue weighted by molar-refractivity contribution is 0.448. The Kier molecular flexibility index (Phi) is 3.08. The number of furan rings is 1. The normalized spacial score (nSPS) is 11.8. The van der Waals surface area contributed by atoms with Gasteiger partial charge in [0.1, 0.15) is 0 Å². The zero-order valence-electron chi connectivity index (χ0n) is 8.50. The minimum Gasteiger partial charge on any atom is -0.451 e. The zero-order valence-corrected chi connectivity index (χ0v) is 10.1. The first-order chi connectivity index (χ1) is 7.65. The van der Waals surface area contributed by atoms with Crippen LogP contribution in [0.2, 0.25) is 0 Å². The molecule has 2 heterocycles. The largest absolute Gasteiger partial charge is 0.451 e. The van der Waals surface area contributed by atoms with Crippen LogP contribution in [0, 0.1) is 0 Å². The molecular formula is C9H10N2O3S2. The van der Waals surface area contributed by atoms with Gasteiger partial charge in [-0.3, -0.25) is 4.98 Å². The van der Waals surface area contributed by atoms with Gasteiger partial charge in [-0.05, 0) is 6.07 Å². The highest BCUT2D eigenvalue weighted by Gasteiger charge is 2.22. The number of thiazole rings is 1. The van der Waals surface area contributed by atoms with Gasteiger partial charge in [0.25, 0.3) is 10.0 Å². The molecule has 7 heteroatoms. The zero-order chi connectivity index (χ0) is 11.6. The maximum absolute atomic E-state index is 11.8. The summed E-state index contributed by atoms with van der Waals surface area (Å²) in [6, 6.07) is 1.62. The second kappa shape index (κ2) is 4.36. The van der Waals surface area contributed by atoms with Crippen LogP contribution in [0.1, 0.15) is 6.92 Å². The van der Waals surface area contributed by atoms with E-state index in [9.17, 15) is 8.42 Å². The first kappa shape index (κ1) is 11.3. The minimum atomic E-state index is -3.56. The van der Waals surface area contributed by atoms with Gasteiger partial charge in [-0.1, -0.05) is 6.92 Å². The van der Waals surface area contributed by atoms with Crippen molar-refractivity contribution in [2.75, 3.05) is 6.54 Å². The van der Waals surface area contributed by atoms with Crippen LogP contribution in [0.15, 0.2) is 33.5 Å². The Morgan fingerprint density at radius 3 is 3.00 bits per heavy atom. The third-order valence-corrected chi connectivity index (χ3v) is 4.19. The fourth-order valence-electron chi connectivity index (χ4n) is 1.29. The van der Waals surface area contributed by atoms with Crippen molar-refractivity contribution in [3.63, 3.8) is 0 Å². The second-order valence-electron chi connectivity index (χ2n) is 2.99.